The normalized spacial score (nSPS) is 15.6. The van der Waals surface area contributed by atoms with Crippen LogP contribution >= 0.6 is 0 Å². The number of rotatable bonds is 2. The van der Waals surface area contributed by atoms with E-state index >= 15 is 0 Å². The lowest BCUT2D eigenvalue weighted by molar-refractivity contribution is 0.0600. The van der Waals surface area contributed by atoms with Gasteiger partial charge in [0, 0.05) is 24.0 Å². The first kappa shape index (κ1) is 11.1. The van der Waals surface area contributed by atoms with Crippen LogP contribution in [0.1, 0.15) is 35.7 Å². The van der Waals surface area contributed by atoms with Crippen LogP contribution in [0.5, 0.6) is 0 Å². The van der Waals surface area contributed by atoms with Gasteiger partial charge in [-0.2, -0.15) is 0 Å². The minimum absolute atomic E-state index is 0.399. The second kappa shape index (κ2) is 4.01. The highest BCUT2D eigenvalue weighted by Gasteiger charge is 2.27. The molecule has 5 nitrogen and oxygen atoms in total. The molecule has 0 unspecified atom stereocenters. The maximum absolute atomic E-state index is 11.7. The van der Waals surface area contributed by atoms with Crippen molar-refractivity contribution in [2.45, 2.75) is 25.3 Å². The summed E-state index contributed by atoms with van der Waals surface area (Å²) in [7, 11) is 1.36. The Morgan fingerprint density at radius 2 is 2.33 bits per heavy atom. The molecule has 0 saturated heterocycles. The van der Waals surface area contributed by atoms with Gasteiger partial charge < -0.3 is 15.0 Å². The van der Waals surface area contributed by atoms with E-state index in [0.717, 1.165) is 24.2 Å². The van der Waals surface area contributed by atoms with Crippen LogP contribution in [-0.4, -0.2) is 22.6 Å². The molecule has 0 amide bonds. The molecule has 0 aromatic carbocycles. The standard InChI is InChI=1S/C13H15N3O2/c1-18-13(17)10-7-16(8-3-2-4-8)12-9(11(10)14)5-6-15-12/h5-8H,2-4,14H2,1H3. The molecule has 0 radical (unpaired) electrons. The molecular formula is C13H15N3O2. The molecular weight excluding hydrogens is 230 g/mol. The Labute approximate surface area is 105 Å². The van der Waals surface area contributed by atoms with Gasteiger partial charge in [-0.3, -0.25) is 0 Å². The summed E-state index contributed by atoms with van der Waals surface area (Å²) in [5, 5.41) is 0. The number of methoxy groups -OCH3 is 1. The first-order valence-corrected chi connectivity index (χ1v) is 6.05. The van der Waals surface area contributed by atoms with Gasteiger partial charge in [-0.15, -0.1) is 0 Å². The van der Waals surface area contributed by atoms with E-state index in [1.54, 1.807) is 12.4 Å². The number of fused-ring (bicyclic) bond motifs is 1. The molecule has 0 aromatic rings. The molecule has 1 saturated carbocycles. The molecule has 0 bridgehead atoms. The number of hydrogen-bond donors (Lipinski definition) is 1. The second-order valence-electron chi connectivity index (χ2n) is 4.62. The van der Waals surface area contributed by atoms with Crippen LogP contribution in [0.25, 0.3) is 11.4 Å². The molecule has 0 atom stereocenters. The molecule has 5 heteroatoms. The predicted octanol–water partition coefficient (Wildman–Crippen LogP) is 2.08. The summed E-state index contributed by atoms with van der Waals surface area (Å²) in [5.41, 5.74) is 7.71. The van der Waals surface area contributed by atoms with Crippen LogP contribution in [-0.2, 0) is 4.74 Å². The first-order valence-electron chi connectivity index (χ1n) is 6.05. The number of carbonyl (C=O) groups is 1. The Bertz CT molecular complexity index is 572. The summed E-state index contributed by atoms with van der Waals surface area (Å²) in [6, 6.07) is 2.26. The molecule has 0 spiro atoms. The summed E-state index contributed by atoms with van der Waals surface area (Å²) in [6.07, 6.45) is 6.96. The summed E-state index contributed by atoms with van der Waals surface area (Å²) in [5.74, 6) is 0.452. The minimum atomic E-state index is -0.399. The molecule has 18 heavy (non-hydrogen) atoms. The third kappa shape index (κ3) is 1.47. The van der Waals surface area contributed by atoms with Crippen molar-refractivity contribution in [2.75, 3.05) is 12.8 Å². The van der Waals surface area contributed by atoms with Gasteiger partial charge in [0.25, 0.3) is 0 Å². The number of ether oxygens (including phenoxy) is 1. The maximum Gasteiger partial charge on any atom is 0.341 e. The zero-order valence-corrected chi connectivity index (χ0v) is 10.2. The van der Waals surface area contributed by atoms with E-state index < -0.39 is 5.97 Å². The molecule has 3 aliphatic rings. The van der Waals surface area contributed by atoms with E-state index in [1.165, 1.54) is 13.5 Å². The van der Waals surface area contributed by atoms with E-state index in [2.05, 4.69) is 9.55 Å². The lowest BCUT2D eigenvalue weighted by Gasteiger charge is -2.31. The number of esters is 1. The maximum atomic E-state index is 11.7. The Hall–Kier alpha value is -2.04. The largest absolute Gasteiger partial charge is 0.465 e. The monoisotopic (exact) mass is 245 g/mol. The Morgan fingerprint density at radius 1 is 1.56 bits per heavy atom. The number of nitrogens with two attached hydrogens (primary N) is 1. The quantitative estimate of drug-likeness (QED) is 0.822. The number of anilines is 1. The third-order valence-electron chi connectivity index (χ3n) is 3.65. The van der Waals surface area contributed by atoms with E-state index in [0.29, 0.717) is 17.3 Å². The van der Waals surface area contributed by atoms with Crippen LogP contribution in [0.4, 0.5) is 5.69 Å². The van der Waals surface area contributed by atoms with Crippen LogP contribution in [0.2, 0.25) is 0 Å². The Balaban J connectivity index is 2.20. The molecule has 94 valence electrons. The van der Waals surface area contributed by atoms with Crippen LogP contribution in [0.15, 0.2) is 18.5 Å². The summed E-state index contributed by atoms with van der Waals surface area (Å²) in [4.78, 5) is 16.1. The molecule has 3 rings (SSSR count). The van der Waals surface area contributed by atoms with Gasteiger partial charge in [-0.05, 0) is 25.3 Å². The van der Waals surface area contributed by atoms with Crippen molar-refractivity contribution in [3.05, 3.63) is 24.0 Å². The van der Waals surface area contributed by atoms with Gasteiger partial charge in [0.1, 0.15) is 5.82 Å². The van der Waals surface area contributed by atoms with Crippen molar-refractivity contribution < 1.29 is 9.53 Å². The lowest BCUT2D eigenvalue weighted by Crippen LogP contribution is -2.21. The average molecular weight is 245 g/mol. The zero-order valence-electron chi connectivity index (χ0n) is 10.2. The van der Waals surface area contributed by atoms with Crippen molar-refractivity contribution >= 4 is 11.7 Å². The van der Waals surface area contributed by atoms with Gasteiger partial charge in [-0.1, -0.05) is 0 Å². The lowest BCUT2D eigenvalue weighted by atomic mass is 9.92. The van der Waals surface area contributed by atoms with Crippen molar-refractivity contribution in [1.29, 1.82) is 0 Å². The average Bonchev–Trinajstić information content (AvgIpc) is 2.79. The first-order chi connectivity index (χ1) is 8.72. The van der Waals surface area contributed by atoms with E-state index in [9.17, 15) is 4.79 Å². The van der Waals surface area contributed by atoms with E-state index in [-0.39, 0.29) is 0 Å². The zero-order chi connectivity index (χ0) is 12.7. The van der Waals surface area contributed by atoms with E-state index in [4.69, 9.17) is 10.5 Å². The number of pyridine rings is 1. The molecule has 2 heterocycles. The summed E-state index contributed by atoms with van der Waals surface area (Å²) >= 11 is 0. The van der Waals surface area contributed by atoms with Crippen molar-refractivity contribution in [3.63, 3.8) is 0 Å². The SMILES string of the molecule is COC(=O)c1cn(C2CCC2)c2nccc-2c1N. The Kier molecular flexibility index (Phi) is 2.47. The number of carbonyl (C=O) groups excluding carboxylic acids is 1. The second-order valence-corrected chi connectivity index (χ2v) is 4.62. The summed E-state index contributed by atoms with van der Waals surface area (Å²) < 4.78 is 6.83. The predicted molar refractivity (Wildman–Crippen MR) is 67.5 cm³/mol. The van der Waals surface area contributed by atoms with Crippen LogP contribution in [0, 0.1) is 0 Å². The number of aromatic nitrogens is 2. The van der Waals surface area contributed by atoms with Crippen molar-refractivity contribution in [1.82, 2.24) is 9.55 Å². The fraction of sp³-hybridized carbons (Fsp3) is 0.385. The topological polar surface area (TPSA) is 70.1 Å². The highest BCUT2D eigenvalue weighted by molar-refractivity contribution is 5.98. The fourth-order valence-corrected chi connectivity index (χ4v) is 2.37. The molecule has 1 fully saturated rings. The molecule has 2 N–H and O–H groups in total. The smallest absolute Gasteiger partial charge is 0.341 e. The van der Waals surface area contributed by atoms with E-state index in [1.807, 2.05) is 6.07 Å². The highest BCUT2D eigenvalue weighted by atomic mass is 16.5. The minimum Gasteiger partial charge on any atom is -0.465 e. The molecule has 1 aliphatic carbocycles. The van der Waals surface area contributed by atoms with Gasteiger partial charge in [0.05, 0.1) is 18.4 Å². The van der Waals surface area contributed by atoms with Crippen LogP contribution < -0.4 is 5.73 Å². The number of nitrogens with zero attached hydrogens (tertiary/aromatic N) is 2. The third-order valence-corrected chi connectivity index (χ3v) is 3.65. The number of hydrogen-bond acceptors (Lipinski definition) is 4. The van der Waals surface area contributed by atoms with Gasteiger partial charge in [-0.25, -0.2) is 9.78 Å². The Morgan fingerprint density at radius 3 is 2.94 bits per heavy atom. The number of nitrogen functional groups attached to an aromatic ring is 1. The van der Waals surface area contributed by atoms with Gasteiger partial charge in [0.2, 0.25) is 0 Å². The van der Waals surface area contributed by atoms with Crippen LogP contribution in [0.3, 0.4) is 0 Å². The van der Waals surface area contributed by atoms with Gasteiger partial charge in [0.15, 0.2) is 0 Å². The summed E-state index contributed by atoms with van der Waals surface area (Å²) in [6.45, 7) is 0. The fourth-order valence-electron chi connectivity index (χ4n) is 2.37. The van der Waals surface area contributed by atoms with Gasteiger partial charge >= 0.3 is 5.97 Å². The molecule has 0 aromatic heterocycles. The molecule has 2 aliphatic heterocycles. The highest BCUT2D eigenvalue weighted by Crippen LogP contribution is 2.38. The van der Waals surface area contributed by atoms with Crippen molar-refractivity contribution in [2.24, 2.45) is 0 Å². The van der Waals surface area contributed by atoms with Crippen molar-refractivity contribution in [3.8, 4) is 11.4 Å².